The number of methoxy groups -OCH3 is 1. The minimum Gasteiger partial charge on any atom is -0.496 e. The minimum absolute atomic E-state index is 0.0167. The van der Waals surface area contributed by atoms with E-state index in [0.717, 1.165) is 17.4 Å². The maximum absolute atomic E-state index is 13.7. The highest BCUT2D eigenvalue weighted by Gasteiger charge is 2.28. The van der Waals surface area contributed by atoms with Crippen molar-refractivity contribution in [3.8, 4) is 45.6 Å². The molecule has 0 aliphatic rings. The number of aromatic nitrogens is 8. The third kappa shape index (κ3) is 9.35. The van der Waals surface area contributed by atoms with Gasteiger partial charge in [-0.15, -0.1) is 0 Å². The molecule has 69 heavy (non-hydrogen) atoms. The number of anilines is 2. The normalized spacial score (nSPS) is 12.3. The van der Waals surface area contributed by atoms with E-state index >= 15 is 0 Å². The monoisotopic (exact) mass is 969 g/mol. The molecule has 19 nitrogen and oxygen atoms in total. The van der Waals surface area contributed by atoms with Gasteiger partial charge in [0, 0.05) is 46.2 Å². The van der Waals surface area contributed by atoms with E-state index in [1.54, 1.807) is 38.4 Å². The molecule has 354 valence electrons. The molecule has 0 fully saturated rings. The molecule has 0 bridgehead atoms. The molecule has 0 spiro atoms. The molecule has 8 rings (SSSR count). The second-order valence-electron chi connectivity index (χ2n) is 18.5. The van der Waals surface area contributed by atoms with Crippen LogP contribution >= 0.6 is 0 Å². The fraction of sp³-hybridized carbons (Fsp3) is 0.250. The van der Waals surface area contributed by atoms with Gasteiger partial charge >= 0.3 is 11.4 Å². The predicted molar refractivity (Wildman–Crippen MR) is 264 cm³/mol. The van der Waals surface area contributed by atoms with Gasteiger partial charge in [0.05, 0.1) is 65.0 Å². The Labute approximate surface area is 396 Å². The van der Waals surface area contributed by atoms with Crippen molar-refractivity contribution < 1.29 is 21.6 Å². The number of aromatic amines is 2. The lowest BCUT2D eigenvalue weighted by atomic mass is 9.84. The molecule has 4 aromatic heterocycles. The summed E-state index contributed by atoms with van der Waals surface area (Å²) < 4.78 is 65.8. The van der Waals surface area contributed by atoms with E-state index in [0.29, 0.717) is 60.3 Å². The van der Waals surface area contributed by atoms with Gasteiger partial charge in [-0.25, -0.2) is 41.1 Å². The van der Waals surface area contributed by atoms with Gasteiger partial charge in [0.25, 0.3) is 15.6 Å². The summed E-state index contributed by atoms with van der Waals surface area (Å²) in [6.45, 7) is 13.7. The molecule has 4 heterocycles. The Morgan fingerprint density at radius 3 is 2.14 bits per heavy atom. The van der Waals surface area contributed by atoms with E-state index in [-0.39, 0.29) is 28.2 Å². The molecule has 21 heteroatoms. The number of hydrogen-bond donors (Lipinski definition) is 3. The highest BCUT2D eigenvalue weighted by Crippen LogP contribution is 2.41. The molecular formula is C48H47N11O8S2. The van der Waals surface area contributed by atoms with Crippen LogP contribution in [-0.2, 0) is 30.9 Å². The van der Waals surface area contributed by atoms with Crippen molar-refractivity contribution in [2.75, 3.05) is 28.3 Å². The quantitative estimate of drug-likeness (QED) is 0.131. The lowest BCUT2D eigenvalue weighted by Crippen LogP contribution is -2.37. The van der Waals surface area contributed by atoms with Crippen molar-refractivity contribution in [1.82, 2.24) is 39.3 Å². The standard InChI is InChI=1S/C48H47N11O8S2/c1-27-54-55-46(62)59(27)40-22-36(48(5,6)7)44(67-8)35-19-30(24-50-42(35)40)28-10-12-32(13-11-28)56-69(65,66)26-58(68(9,63)64)33-14-15-34(29(18-33)23-49)38-25-51-43-37(52-38)20-31(47(2,3)4)21-39(43)57-17-16-41(60)53-45(57)61/h10-22,24-25,56H,26H2,1-9H3,(H,55,62)(H,53,60,61). The van der Waals surface area contributed by atoms with Crippen molar-refractivity contribution in [1.29, 1.82) is 5.26 Å². The third-order valence-corrected chi connectivity index (χ3v) is 13.9. The van der Waals surface area contributed by atoms with Gasteiger partial charge in [-0.3, -0.25) is 33.3 Å². The zero-order valence-electron chi connectivity index (χ0n) is 39.0. The summed E-state index contributed by atoms with van der Waals surface area (Å²) in [5.41, 5.74) is 3.22. The first-order valence-electron chi connectivity index (χ1n) is 21.3. The van der Waals surface area contributed by atoms with E-state index in [2.05, 4.69) is 31.0 Å². The van der Waals surface area contributed by atoms with Crippen LogP contribution in [0.5, 0.6) is 5.75 Å². The zero-order valence-corrected chi connectivity index (χ0v) is 40.7. The maximum atomic E-state index is 13.7. The van der Waals surface area contributed by atoms with Crippen LogP contribution in [0, 0.1) is 18.3 Å². The van der Waals surface area contributed by atoms with Crippen LogP contribution in [0.4, 0.5) is 11.4 Å². The summed E-state index contributed by atoms with van der Waals surface area (Å²) >= 11 is 0. The highest BCUT2D eigenvalue weighted by atomic mass is 32.2. The van der Waals surface area contributed by atoms with E-state index in [1.165, 1.54) is 57.9 Å². The number of rotatable bonds is 11. The highest BCUT2D eigenvalue weighted by molar-refractivity contribution is 7.96. The van der Waals surface area contributed by atoms with Gasteiger partial charge in [0.15, 0.2) is 5.88 Å². The number of H-pyrrole nitrogens is 2. The van der Waals surface area contributed by atoms with Crippen molar-refractivity contribution in [2.45, 2.75) is 59.3 Å². The minimum atomic E-state index is -4.40. The van der Waals surface area contributed by atoms with Crippen LogP contribution in [0.15, 0.2) is 106 Å². The Kier molecular flexibility index (Phi) is 11.9. The second kappa shape index (κ2) is 17.3. The Morgan fingerprint density at radius 1 is 0.826 bits per heavy atom. The third-order valence-electron chi connectivity index (χ3n) is 11.4. The maximum Gasteiger partial charge on any atom is 0.348 e. The summed E-state index contributed by atoms with van der Waals surface area (Å²) in [6, 6.07) is 21.2. The number of nitriles is 1. The van der Waals surface area contributed by atoms with Crippen molar-refractivity contribution in [2.24, 2.45) is 0 Å². The van der Waals surface area contributed by atoms with E-state index in [4.69, 9.17) is 14.7 Å². The number of aryl methyl sites for hydroxylation is 1. The van der Waals surface area contributed by atoms with Crippen LogP contribution in [0.3, 0.4) is 0 Å². The van der Waals surface area contributed by atoms with Crippen LogP contribution in [0.2, 0.25) is 0 Å². The summed E-state index contributed by atoms with van der Waals surface area (Å²) in [4.78, 5) is 54.0. The molecule has 4 aromatic carbocycles. The Bertz CT molecular complexity index is 3840. The first kappa shape index (κ1) is 47.5. The Hall–Kier alpha value is -7.96. The van der Waals surface area contributed by atoms with Crippen LogP contribution < -0.4 is 30.7 Å². The number of ether oxygens (including phenoxy) is 1. The van der Waals surface area contributed by atoms with E-state index < -0.39 is 53.7 Å². The molecule has 0 unspecified atom stereocenters. The molecule has 0 aliphatic carbocycles. The lowest BCUT2D eigenvalue weighted by molar-refractivity contribution is 0.402. The Morgan fingerprint density at radius 2 is 1.54 bits per heavy atom. The summed E-state index contributed by atoms with van der Waals surface area (Å²) in [5.74, 6) is 0.00367. The van der Waals surface area contributed by atoms with E-state index in [1.807, 2.05) is 59.7 Å². The van der Waals surface area contributed by atoms with E-state index in [9.17, 15) is 36.5 Å². The van der Waals surface area contributed by atoms with Crippen molar-refractivity contribution in [3.63, 3.8) is 0 Å². The molecule has 0 aliphatic heterocycles. The molecule has 8 aromatic rings. The summed E-state index contributed by atoms with van der Waals surface area (Å²) in [7, 11) is -7.08. The zero-order chi connectivity index (χ0) is 50.0. The van der Waals surface area contributed by atoms with Crippen LogP contribution in [-0.4, -0.2) is 75.3 Å². The molecule has 0 saturated carbocycles. The fourth-order valence-corrected chi connectivity index (χ4v) is 10.6. The molecule has 0 saturated heterocycles. The molecular weight excluding hydrogens is 923 g/mol. The molecule has 0 amide bonds. The average Bonchev–Trinajstić information content (AvgIpc) is 3.62. The number of nitrogens with one attached hydrogen (secondary N) is 3. The molecule has 3 N–H and O–H groups in total. The largest absolute Gasteiger partial charge is 0.496 e. The number of sulfonamides is 2. The SMILES string of the molecule is COc1c(C(C)(C)C)cc(-n2c(C)n[nH]c2=O)c2ncc(-c3ccc(NS(=O)(=O)CN(c4ccc(-c5cnc6c(-n7ccc(=O)[nH]c7=O)cc(C(C)(C)C)cc6n5)c(C#N)c4)S(C)(=O)=O)cc3)cc12. The smallest absolute Gasteiger partial charge is 0.348 e. The number of fused-ring (bicyclic) bond motifs is 2. The summed E-state index contributed by atoms with van der Waals surface area (Å²) in [5, 5.41) is 17.5. The van der Waals surface area contributed by atoms with Gasteiger partial charge in [-0.2, -0.15) is 10.4 Å². The first-order chi connectivity index (χ1) is 32.4. The summed E-state index contributed by atoms with van der Waals surface area (Å²) in [6.07, 6.45) is 5.25. The van der Waals surface area contributed by atoms with Gasteiger partial charge in [0.1, 0.15) is 17.1 Å². The molecule has 0 radical (unpaired) electrons. The first-order valence-corrected chi connectivity index (χ1v) is 24.8. The van der Waals surface area contributed by atoms with Gasteiger partial charge in [-0.1, -0.05) is 53.7 Å². The number of pyridine rings is 1. The number of benzene rings is 4. The molecule has 0 atom stereocenters. The van der Waals surface area contributed by atoms with Gasteiger partial charge in [0.2, 0.25) is 10.0 Å². The lowest BCUT2D eigenvalue weighted by Gasteiger charge is -2.25. The van der Waals surface area contributed by atoms with Gasteiger partial charge in [-0.05, 0) is 83.5 Å². The second-order valence-corrected chi connectivity index (χ2v) is 22.1. The van der Waals surface area contributed by atoms with Gasteiger partial charge < -0.3 is 4.74 Å². The van der Waals surface area contributed by atoms with Crippen molar-refractivity contribution in [3.05, 3.63) is 145 Å². The van der Waals surface area contributed by atoms with Crippen molar-refractivity contribution >= 4 is 53.4 Å². The topological polar surface area (TPSA) is 261 Å². The van der Waals surface area contributed by atoms with Crippen LogP contribution in [0.25, 0.3) is 55.7 Å². The average molecular weight is 970 g/mol. The Balaban J connectivity index is 1.08. The van der Waals surface area contributed by atoms with Crippen LogP contribution in [0.1, 0.15) is 64.1 Å². The predicted octanol–water partition coefficient (Wildman–Crippen LogP) is 6.17. The number of nitrogens with zero attached hydrogens (tertiary/aromatic N) is 8. The fourth-order valence-electron chi connectivity index (χ4n) is 7.94. The number of hydrogen-bond acceptors (Lipinski definition) is 13.